The SMILES string of the molecule is C=C(CC)/N=C(\C(=C/C)C(=O)Nc1c(C)cc(C#N)cc1C(=O)NC(C)C)c1ccccc1Cl. The molecule has 0 saturated heterocycles. The fourth-order valence-electron chi connectivity index (χ4n) is 3.25. The van der Waals surface area contributed by atoms with Gasteiger partial charge in [-0.2, -0.15) is 5.26 Å². The third kappa shape index (κ3) is 6.43. The average molecular weight is 477 g/mol. The highest BCUT2D eigenvalue weighted by Crippen LogP contribution is 2.26. The number of halogens is 1. The Morgan fingerprint density at radius 1 is 1.24 bits per heavy atom. The Bertz CT molecular complexity index is 1220. The number of rotatable bonds is 8. The predicted molar refractivity (Wildman–Crippen MR) is 138 cm³/mol. The minimum atomic E-state index is -0.462. The quantitative estimate of drug-likeness (QED) is 0.363. The van der Waals surface area contributed by atoms with Gasteiger partial charge in [0.1, 0.15) is 0 Å². The van der Waals surface area contributed by atoms with Crippen LogP contribution in [0.3, 0.4) is 0 Å². The van der Waals surface area contributed by atoms with Gasteiger partial charge in [-0.1, -0.05) is 49.4 Å². The van der Waals surface area contributed by atoms with Crippen molar-refractivity contribution in [3.05, 3.63) is 87.6 Å². The number of nitrogens with one attached hydrogen (secondary N) is 2. The number of amides is 2. The Morgan fingerprint density at radius 2 is 1.91 bits per heavy atom. The molecular formula is C27H29ClN4O2. The van der Waals surface area contributed by atoms with Crippen LogP contribution in [0.5, 0.6) is 0 Å². The maximum absolute atomic E-state index is 13.5. The van der Waals surface area contributed by atoms with Crippen molar-refractivity contribution in [2.24, 2.45) is 4.99 Å². The van der Waals surface area contributed by atoms with Gasteiger partial charge in [0.05, 0.1) is 34.2 Å². The first-order chi connectivity index (χ1) is 16.1. The number of anilines is 1. The smallest absolute Gasteiger partial charge is 0.257 e. The summed E-state index contributed by atoms with van der Waals surface area (Å²) < 4.78 is 0. The van der Waals surface area contributed by atoms with Crippen LogP contribution in [0.15, 0.2) is 65.3 Å². The maximum Gasteiger partial charge on any atom is 0.257 e. The van der Waals surface area contributed by atoms with Gasteiger partial charge in [-0.25, -0.2) is 0 Å². The lowest BCUT2D eigenvalue weighted by Crippen LogP contribution is -2.31. The fourth-order valence-corrected chi connectivity index (χ4v) is 3.47. The highest BCUT2D eigenvalue weighted by atomic mass is 35.5. The monoisotopic (exact) mass is 476 g/mol. The summed E-state index contributed by atoms with van der Waals surface area (Å²) in [7, 11) is 0. The number of carbonyl (C=O) groups is 2. The summed E-state index contributed by atoms with van der Waals surface area (Å²) in [6.45, 7) is 13.0. The molecule has 2 aromatic carbocycles. The number of carbonyl (C=O) groups excluding carboxylic acids is 2. The minimum Gasteiger partial charge on any atom is -0.350 e. The van der Waals surface area contributed by atoms with E-state index >= 15 is 0 Å². The Balaban J connectivity index is 2.59. The van der Waals surface area contributed by atoms with E-state index in [1.165, 1.54) is 6.07 Å². The molecule has 0 aliphatic heterocycles. The van der Waals surface area contributed by atoms with Crippen molar-refractivity contribution in [1.82, 2.24) is 5.32 Å². The molecule has 0 aromatic heterocycles. The second-order valence-corrected chi connectivity index (χ2v) is 8.38. The molecule has 0 bridgehead atoms. The lowest BCUT2D eigenvalue weighted by molar-refractivity contribution is -0.112. The van der Waals surface area contributed by atoms with Crippen LogP contribution in [-0.2, 0) is 4.79 Å². The van der Waals surface area contributed by atoms with Gasteiger partial charge >= 0.3 is 0 Å². The first-order valence-corrected chi connectivity index (χ1v) is 11.4. The molecule has 0 atom stereocenters. The van der Waals surface area contributed by atoms with Crippen molar-refractivity contribution in [1.29, 1.82) is 5.26 Å². The lowest BCUT2D eigenvalue weighted by Gasteiger charge is -2.18. The van der Waals surface area contributed by atoms with Gasteiger partial charge in [0.2, 0.25) is 0 Å². The highest BCUT2D eigenvalue weighted by molar-refractivity contribution is 6.39. The van der Waals surface area contributed by atoms with Crippen LogP contribution >= 0.6 is 11.6 Å². The molecule has 2 aromatic rings. The highest BCUT2D eigenvalue weighted by Gasteiger charge is 2.23. The second-order valence-electron chi connectivity index (χ2n) is 7.97. The summed E-state index contributed by atoms with van der Waals surface area (Å²) in [5, 5.41) is 15.5. The molecule has 0 radical (unpaired) electrons. The Kier molecular flexibility index (Phi) is 9.35. The van der Waals surface area contributed by atoms with E-state index in [1.54, 1.807) is 44.2 Å². The average Bonchev–Trinajstić information content (AvgIpc) is 2.79. The van der Waals surface area contributed by atoms with E-state index in [0.717, 1.165) is 0 Å². The van der Waals surface area contributed by atoms with Crippen molar-refractivity contribution >= 4 is 34.8 Å². The summed E-state index contributed by atoms with van der Waals surface area (Å²) in [4.78, 5) is 31.0. The van der Waals surface area contributed by atoms with Gasteiger partial charge < -0.3 is 10.6 Å². The normalized spacial score (nSPS) is 11.7. The van der Waals surface area contributed by atoms with Crippen LogP contribution in [0, 0.1) is 18.3 Å². The minimum absolute atomic E-state index is 0.118. The second kappa shape index (κ2) is 12.0. The fraction of sp³-hybridized carbons (Fsp3) is 0.259. The van der Waals surface area contributed by atoms with Crippen LogP contribution in [-0.4, -0.2) is 23.6 Å². The summed E-state index contributed by atoms with van der Waals surface area (Å²) in [6, 6.07) is 12.2. The number of aryl methyl sites for hydroxylation is 1. The van der Waals surface area contributed by atoms with Crippen LogP contribution < -0.4 is 10.6 Å². The number of aliphatic imine (C=N–C) groups is 1. The molecule has 0 spiro atoms. The maximum atomic E-state index is 13.5. The van der Waals surface area contributed by atoms with E-state index in [9.17, 15) is 14.9 Å². The van der Waals surface area contributed by atoms with E-state index in [0.29, 0.717) is 45.2 Å². The predicted octanol–water partition coefficient (Wildman–Crippen LogP) is 5.96. The van der Waals surface area contributed by atoms with Gasteiger partial charge in [-0.15, -0.1) is 0 Å². The van der Waals surface area contributed by atoms with E-state index in [-0.39, 0.29) is 23.1 Å². The zero-order chi connectivity index (χ0) is 25.4. The van der Waals surface area contributed by atoms with Crippen LogP contribution in [0.1, 0.15) is 61.2 Å². The van der Waals surface area contributed by atoms with E-state index in [4.69, 9.17) is 11.6 Å². The molecule has 34 heavy (non-hydrogen) atoms. The molecule has 0 fully saturated rings. The number of nitrogens with zero attached hydrogens (tertiary/aromatic N) is 2. The Labute approximate surface area is 206 Å². The van der Waals surface area contributed by atoms with Gasteiger partial charge in [-0.05, 0) is 57.9 Å². The molecule has 0 aliphatic rings. The summed E-state index contributed by atoms with van der Waals surface area (Å²) in [5.41, 5.74) is 3.31. The molecule has 176 valence electrons. The summed E-state index contributed by atoms with van der Waals surface area (Å²) in [5.74, 6) is -0.844. The molecule has 2 rings (SSSR count). The number of hydrogen-bond acceptors (Lipinski definition) is 4. The third-order valence-corrected chi connectivity index (χ3v) is 5.29. The molecule has 0 heterocycles. The van der Waals surface area contributed by atoms with Gasteiger partial charge in [0, 0.05) is 22.3 Å². The summed E-state index contributed by atoms with van der Waals surface area (Å²) in [6.07, 6.45) is 2.24. The largest absolute Gasteiger partial charge is 0.350 e. The van der Waals surface area contributed by atoms with Crippen LogP contribution in [0.4, 0.5) is 5.69 Å². The van der Waals surface area contributed by atoms with Gasteiger partial charge in [0.25, 0.3) is 11.8 Å². The Morgan fingerprint density at radius 3 is 2.47 bits per heavy atom. The molecule has 7 heteroatoms. The first kappa shape index (κ1) is 26.6. The van der Waals surface area contributed by atoms with Crippen molar-refractivity contribution < 1.29 is 9.59 Å². The molecule has 0 saturated carbocycles. The van der Waals surface area contributed by atoms with E-state index < -0.39 is 5.91 Å². The van der Waals surface area contributed by atoms with Crippen molar-refractivity contribution in [2.75, 3.05) is 5.32 Å². The van der Waals surface area contributed by atoms with E-state index in [2.05, 4.69) is 28.3 Å². The van der Waals surface area contributed by atoms with Crippen LogP contribution in [0.25, 0.3) is 0 Å². The van der Waals surface area contributed by atoms with Gasteiger partial charge in [0.15, 0.2) is 0 Å². The van der Waals surface area contributed by atoms with Gasteiger partial charge in [-0.3, -0.25) is 14.6 Å². The zero-order valence-electron chi connectivity index (χ0n) is 20.1. The summed E-state index contributed by atoms with van der Waals surface area (Å²) >= 11 is 6.43. The van der Waals surface area contributed by atoms with Crippen molar-refractivity contribution in [3.8, 4) is 6.07 Å². The molecule has 6 nitrogen and oxygen atoms in total. The third-order valence-electron chi connectivity index (χ3n) is 4.96. The molecular weight excluding hydrogens is 448 g/mol. The topological polar surface area (TPSA) is 94.3 Å². The lowest BCUT2D eigenvalue weighted by atomic mass is 9.99. The number of nitriles is 1. The van der Waals surface area contributed by atoms with E-state index in [1.807, 2.05) is 26.8 Å². The molecule has 2 amide bonds. The van der Waals surface area contributed by atoms with Crippen LogP contribution in [0.2, 0.25) is 5.02 Å². The standard InChI is InChI=1S/C27H29ClN4O2/c1-7-18(6)31-25(21-11-9-10-12-23(21)28)20(8-2)26(33)32-24-17(5)13-19(15-29)14-22(24)27(34)30-16(3)4/h8-14,16H,6-7H2,1-5H3,(H,30,34)(H,32,33)/b20-8+,31-25+. The van der Waals surface area contributed by atoms with Crippen molar-refractivity contribution in [2.45, 2.75) is 47.1 Å². The number of hydrogen-bond donors (Lipinski definition) is 2. The zero-order valence-corrected chi connectivity index (χ0v) is 20.9. The number of allylic oxidation sites excluding steroid dienone is 2. The Hall–Kier alpha value is -3.69. The number of benzene rings is 2. The first-order valence-electron chi connectivity index (χ1n) is 11.0. The van der Waals surface area contributed by atoms with Crippen molar-refractivity contribution in [3.63, 3.8) is 0 Å². The molecule has 0 unspecified atom stereocenters. The molecule has 2 N–H and O–H groups in total. The molecule has 0 aliphatic carbocycles.